The SMILES string of the molecule is Cc1cccc(C(=O)O[C@H](C)C(=O)N(C)[C@H]2CCS(=O)(=O)C2)c1N. The number of rotatable bonds is 4. The summed E-state index contributed by atoms with van der Waals surface area (Å²) in [7, 11) is -1.57. The third-order valence-corrected chi connectivity index (χ3v) is 6.03. The van der Waals surface area contributed by atoms with Crippen LogP contribution in [0.2, 0.25) is 0 Å². The summed E-state index contributed by atoms with van der Waals surface area (Å²) in [5.74, 6) is -1.09. The van der Waals surface area contributed by atoms with E-state index in [2.05, 4.69) is 0 Å². The highest BCUT2D eigenvalue weighted by Gasteiger charge is 2.35. The van der Waals surface area contributed by atoms with Crippen LogP contribution in [0.3, 0.4) is 0 Å². The molecule has 1 aliphatic rings. The molecule has 1 aromatic rings. The van der Waals surface area contributed by atoms with Crippen molar-refractivity contribution in [1.82, 2.24) is 4.90 Å². The van der Waals surface area contributed by atoms with Crippen molar-refractivity contribution in [1.29, 1.82) is 0 Å². The van der Waals surface area contributed by atoms with Crippen LogP contribution in [0.4, 0.5) is 5.69 Å². The van der Waals surface area contributed by atoms with Gasteiger partial charge in [0, 0.05) is 18.8 Å². The number of likely N-dealkylation sites (N-methyl/N-ethyl adjacent to an activating group) is 1. The Bertz CT molecular complexity index is 760. The molecule has 2 rings (SSSR count). The summed E-state index contributed by atoms with van der Waals surface area (Å²) in [6.07, 6.45) is -0.624. The number of benzene rings is 1. The fraction of sp³-hybridized carbons (Fsp3) is 0.500. The van der Waals surface area contributed by atoms with Crippen LogP contribution in [0.15, 0.2) is 18.2 Å². The molecule has 0 spiro atoms. The first-order valence-corrected chi connectivity index (χ1v) is 9.47. The molecule has 0 radical (unpaired) electrons. The molecule has 0 aromatic heterocycles. The molecule has 8 heteroatoms. The zero-order valence-corrected chi connectivity index (χ0v) is 14.8. The molecule has 1 saturated heterocycles. The topological polar surface area (TPSA) is 107 Å². The van der Waals surface area contributed by atoms with E-state index in [1.165, 1.54) is 24.9 Å². The maximum atomic E-state index is 12.4. The summed E-state index contributed by atoms with van der Waals surface area (Å²) in [5.41, 5.74) is 7.13. The van der Waals surface area contributed by atoms with Crippen LogP contribution in [0.5, 0.6) is 0 Å². The predicted octanol–water partition coefficient (Wildman–Crippen LogP) is 0.768. The van der Waals surface area contributed by atoms with Crippen LogP contribution < -0.4 is 5.73 Å². The van der Waals surface area contributed by atoms with Crippen LogP contribution in [-0.2, 0) is 19.4 Å². The van der Waals surface area contributed by atoms with E-state index in [1.54, 1.807) is 19.1 Å². The number of esters is 1. The van der Waals surface area contributed by atoms with Gasteiger partial charge in [-0.05, 0) is 31.9 Å². The Hall–Kier alpha value is -2.09. The molecule has 0 unspecified atom stereocenters. The highest BCUT2D eigenvalue weighted by atomic mass is 32.2. The molecule has 132 valence electrons. The van der Waals surface area contributed by atoms with Crippen molar-refractivity contribution in [2.45, 2.75) is 32.4 Å². The number of ether oxygens (including phenoxy) is 1. The number of anilines is 1. The van der Waals surface area contributed by atoms with Crippen molar-refractivity contribution in [3.63, 3.8) is 0 Å². The number of para-hydroxylation sites is 1. The van der Waals surface area contributed by atoms with Crippen molar-refractivity contribution in [3.8, 4) is 0 Å². The normalized spacial score (nSPS) is 20.4. The van der Waals surface area contributed by atoms with E-state index in [1.807, 2.05) is 0 Å². The molecule has 24 heavy (non-hydrogen) atoms. The second kappa shape index (κ2) is 6.80. The van der Waals surface area contributed by atoms with Gasteiger partial charge in [0.2, 0.25) is 0 Å². The number of nitrogens with two attached hydrogens (primary N) is 1. The Kier molecular flexibility index (Phi) is 5.17. The molecule has 0 bridgehead atoms. The zero-order chi connectivity index (χ0) is 18.1. The number of nitrogens with zero attached hydrogens (tertiary/aromatic N) is 1. The Morgan fingerprint density at radius 2 is 2.04 bits per heavy atom. The van der Waals surface area contributed by atoms with Gasteiger partial charge in [-0.2, -0.15) is 0 Å². The van der Waals surface area contributed by atoms with Gasteiger partial charge >= 0.3 is 5.97 Å². The summed E-state index contributed by atoms with van der Waals surface area (Å²) in [6.45, 7) is 3.24. The summed E-state index contributed by atoms with van der Waals surface area (Å²) in [4.78, 5) is 25.9. The second-order valence-electron chi connectivity index (χ2n) is 6.09. The van der Waals surface area contributed by atoms with E-state index < -0.39 is 27.8 Å². The fourth-order valence-corrected chi connectivity index (χ4v) is 4.46. The maximum Gasteiger partial charge on any atom is 0.341 e. The van der Waals surface area contributed by atoms with E-state index in [-0.39, 0.29) is 23.1 Å². The van der Waals surface area contributed by atoms with Gasteiger partial charge in [0.15, 0.2) is 15.9 Å². The summed E-state index contributed by atoms with van der Waals surface area (Å²) in [5, 5.41) is 0. The van der Waals surface area contributed by atoms with Crippen molar-refractivity contribution in [3.05, 3.63) is 29.3 Å². The summed E-state index contributed by atoms with van der Waals surface area (Å²) in [6, 6.07) is 4.61. The van der Waals surface area contributed by atoms with Crippen molar-refractivity contribution >= 4 is 27.4 Å². The Morgan fingerprint density at radius 3 is 2.62 bits per heavy atom. The van der Waals surface area contributed by atoms with Gasteiger partial charge in [-0.25, -0.2) is 13.2 Å². The number of sulfone groups is 1. The maximum absolute atomic E-state index is 12.4. The smallest absolute Gasteiger partial charge is 0.341 e. The first-order chi connectivity index (χ1) is 11.1. The van der Waals surface area contributed by atoms with E-state index in [4.69, 9.17) is 10.5 Å². The highest BCUT2D eigenvalue weighted by molar-refractivity contribution is 7.91. The summed E-state index contributed by atoms with van der Waals surface area (Å²) < 4.78 is 28.3. The largest absolute Gasteiger partial charge is 0.449 e. The standard InChI is InChI=1S/C16H22N2O5S/c1-10-5-4-6-13(14(10)17)16(20)23-11(2)15(19)18(3)12-7-8-24(21,22)9-12/h4-6,11-12H,7-9,17H2,1-3H3/t11-,12+/m1/s1. The van der Waals surface area contributed by atoms with E-state index in [0.717, 1.165) is 5.56 Å². The molecule has 0 saturated carbocycles. The Balaban J connectivity index is 2.03. The number of hydrogen-bond acceptors (Lipinski definition) is 6. The minimum atomic E-state index is -3.09. The molecule has 1 aromatic carbocycles. The zero-order valence-electron chi connectivity index (χ0n) is 14.0. The van der Waals surface area contributed by atoms with Gasteiger partial charge in [0.25, 0.3) is 5.91 Å². The van der Waals surface area contributed by atoms with Crippen LogP contribution in [0.25, 0.3) is 0 Å². The number of nitrogen functional groups attached to an aromatic ring is 1. The predicted molar refractivity (Wildman–Crippen MR) is 90.3 cm³/mol. The van der Waals surface area contributed by atoms with Crippen LogP contribution in [0.1, 0.15) is 29.3 Å². The lowest BCUT2D eigenvalue weighted by Crippen LogP contribution is -2.44. The number of hydrogen-bond donors (Lipinski definition) is 1. The minimum absolute atomic E-state index is 0.0548. The van der Waals surface area contributed by atoms with Crippen LogP contribution in [-0.4, -0.2) is 55.9 Å². The molecule has 1 amide bonds. The lowest BCUT2D eigenvalue weighted by molar-refractivity contribution is -0.140. The van der Waals surface area contributed by atoms with Gasteiger partial charge in [0.05, 0.1) is 17.1 Å². The first kappa shape index (κ1) is 18.3. The third-order valence-electron chi connectivity index (χ3n) is 4.28. The number of carbonyl (C=O) groups excluding carboxylic acids is 2. The molecule has 1 fully saturated rings. The molecule has 2 N–H and O–H groups in total. The van der Waals surface area contributed by atoms with Crippen molar-refractivity contribution in [2.24, 2.45) is 0 Å². The molecular weight excluding hydrogens is 332 g/mol. The van der Waals surface area contributed by atoms with Crippen molar-refractivity contribution < 1.29 is 22.7 Å². The molecule has 0 aliphatic carbocycles. The molecular formula is C16H22N2O5S. The van der Waals surface area contributed by atoms with Crippen molar-refractivity contribution in [2.75, 3.05) is 24.3 Å². The average Bonchev–Trinajstić information content (AvgIpc) is 2.88. The quantitative estimate of drug-likeness (QED) is 0.632. The number of carbonyl (C=O) groups is 2. The van der Waals surface area contributed by atoms with E-state index in [0.29, 0.717) is 12.1 Å². The van der Waals surface area contributed by atoms with Gasteiger partial charge in [0.1, 0.15) is 0 Å². The van der Waals surface area contributed by atoms with Gasteiger partial charge in [-0.3, -0.25) is 4.79 Å². The van der Waals surface area contributed by atoms with E-state index >= 15 is 0 Å². The fourth-order valence-electron chi connectivity index (χ4n) is 2.68. The van der Waals surface area contributed by atoms with E-state index in [9.17, 15) is 18.0 Å². The van der Waals surface area contributed by atoms with Crippen LogP contribution in [0, 0.1) is 6.92 Å². The number of aryl methyl sites for hydroxylation is 1. The second-order valence-corrected chi connectivity index (χ2v) is 8.32. The monoisotopic (exact) mass is 354 g/mol. The molecule has 1 heterocycles. The minimum Gasteiger partial charge on any atom is -0.449 e. The Morgan fingerprint density at radius 1 is 1.38 bits per heavy atom. The lowest BCUT2D eigenvalue weighted by atomic mass is 10.1. The lowest BCUT2D eigenvalue weighted by Gasteiger charge is -2.26. The Labute approximate surface area is 141 Å². The van der Waals surface area contributed by atoms with Crippen LogP contribution >= 0.6 is 0 Å². The molecule has 1 aliphatic heterocycles. The number of amides is 1. The molecule has 2 atom stereocenters. The first-order valence-electron chi connectivity index (χ1n) is 7.65. The molecule has 7 nitrogen and oxygen atoms in total. The van der Waals surface area contributed by atoms with Gasteiger partial charge < -0.3 is 15.4 Å². The summed E-state index contributed by atoms with van der Waals surface area (Å²) >= 11 is 0. The highest BCUT2D eigenvalue weighted by Crippen LogP contribution is 2.20. The average molecular weight is 354 g/mol. The van der Waals surface area contributed by atoms with Gasteiger partial charge in [-0.1, -0.05) is 12.1 Å². The van der Waals surface area contributed by atoms with Gasteiger partial charge in [-0.15, -0.1) is 0 Å². The third kappa shape index (κ3) is 3.87.